The zero-order valence-electron chi connectivity index (χ0n) is 18.4. The van der Waals surface area contributed by atoms with Crippen molar-refractivity contribution < 1.29 is 4.79 Å². The van der Waals surface area contributed by atoms with Crippen LogP contribution in [0.1, 0.15) is 58.9 Å². The Morgan fingerprint density at radius 3 is 2.88 bits per heavy atom. The van der Waals surface area contributed by atoms with Crippen LogP contribution in [0.3, 0.4) is 0 Å². The van der Waals surface area contributed by atoms with Gasteiger partial charge in [-0.05, 0) is 68.4 Å². The second-order valence-corrected chi connectivity index (χ2v) is 8.70. The summed E-state index contributed by atoms with van der Waals surface area (Å²) in [5.41, 5.74) is 6.27. The number of amides is 1. The van der Waals surface area contributed by atoms with E-state index < -0.39 is 0 Å². The maximum atomic E-state index is 13.9. The highest BCUT2D eigenvalue weighted by Gasteiger charge is 2.39. The standard InChI is InChI=1S/C26H29N5O/c1-2-5-22-23(7-3-8-25(22)28-16-18-6-4-13-27-15-18)26(32)31(20-9-10-20)21-11-12-24-19(14-21)17-29-30-24/h2-8,13,15,17,20-21,28H,9-12,14,16H2,1H3,(H,29,30)/b5-2-. The molecule has 2 heterocycles. The van der Waals surface area contributed by atoms with Crippen molar-refractivity contribution in [1.82, 2.24) is 20.1 Å². The number of aryl methyl sites for hydroxylation is 1. The van der Waals surface area contributed by atoms with Gasteiger partial charge in [0.1, 0.15) is 0 Å². The van der Waals surface area contributed by atoms with Gasteiger partial charge in [0.25, 0.3) is 5.91 Å². The number of hydrogen-bond donors (Lipinski definition) is 2. The van der Waals surface area contributed by atoms with E-state index in [1.165, 1.54) is 11.3 Å². The van der Waals surface area contributed by atoms with Crippen LogP contribution in [0.25, 0.3) is 6.08 Å². The van der Waals surface area contributed by atoms with Crippen molar-refractivity contribution in [3.05, 3.63) is 82.9 Å². The number of carbonyl (C=O) groups is 1. The lowest BCUT2D eigenvalue weighted by molar-refractivity contribution is 0.0642. The van der Waals surface area contributed by atoms with Crippen LogP contribution >= 0.6 is 0 Å². The number of aromatic nitrogens is 3. The first kappa shape index (κ1) is 20.5. The van der Waals surface area contributed by atoms with Gasteiger partial charge < -0.3 is 10.2 Å². The van der Waals surface area contributed by atoms with Crippen molar-refractivity contribution in [3.8, 4) is 0 Å². The Balaban J connectivity index is 1.42. The molecule has 164 valence electrons. The lowest BCUT2D eigenvalue weighted by atomic mass is 9.91. The molecular formula is C26H29N5O. The second-order valence-electron chi connectivity index (χ2n) is 8.70. The van der Waals surface area contributed by atoms with Gasteiger partial charge in [0.15, 0.2) is 0 Å². The number of H-pyrrole nitrogens is 1. The molecule has 0 saturated heterocycles. The highest BCUT2D eigenvalue weighted by atomic mass is 16.2. The number of aromatic amines is 1. The molecule has 6 heteroatoms. The molecule has 2 aromatic heterocycles. The van der Waals surface area contributed by atoms with Crippen LogP contribution < -0.4 is 5.32 Å². The molecule has 1 saturated carbocycles. The summed E-state index contributed by atoms with van der Waals surface area (Å²) in [5.74, 6) is 0.141. The summed E-state index contributed by atoms with van der Waals surface area (Å²) >= 11 is 0. The SMILES string of the molecule is C/C=C\c1c(NCc2cccnc2)cccc1C(=O)N(C1CC1)C1CCc2[nH]ncc2C1. The molecule has 2 aliphatic rings. The molecule has 5 rings (SSSR count). The summed E-state index contributed by atoms with van der Waals surface area (Å²) < 4.78 is 0. The van der Waals surface area contributed by atoms with E-state index in [4.69, 9.17) is 0 Å². The zero-order valence-corrected chi connectivity index (χ0v) is 18.4. The van der Waals surface area contributed by atoms with Crippen LogP contribution in [0.2, 0.25) is 0 Å². The fourth-order valence-electron chi connectivity index (χ4n) is 4.71. The molecule has 1 atom stereocenters. The normalized spacial score (nSPS) is 17.8. The highest BCUT2D eigenvalue weighted by Crippen LogP contribution is 2.36. The van der Waals surface area contributed by atoms with Gasteiger partial charge in [-0.25, -0.2) is 0 Å². The van der Waals surface area contributed by atoms with Crippen molar-refractivity contribution in [2.75, 3.05) is 5.32 Å². The molecule has 2 N–H and O–H groups in total. The topological polar surface area (TPSA) is 73.9 Å². The highest BCUT2D eigenvalue weighted by molar-refractivity contribution is 6.00. The fourth-order valence-corrected chi connectivity index (χ4v) is 4.71. The third-order valence-electron chi connectivity index (χ3n) is 6.43. The van der Waals surface area contributed by atoms with E-state index in [0.29, 0.717) is 12.6 Å². The minimum absolute atomic E-state index is 0.141. The van der Waals surface area contributed by atoms with E-state index in [0.717, 1.165) is 54.5 Å². The van der Waals surface area contributed by atoms with Gasteiger partial charge in [0.05, 0.1) is 6.20 Å². The third-order valence-corrected chi connectivity index (χ3v) is 6.43. The molecule has 1 amide bonds. The number of fused-ring (bicyclic) bond motifs is 1. The quantitative estimate of drug-likeness (QED) is 0.577. The van der Waals surface area contributed by atoms with Gasteiger partial charge in [-0.3, -0.25) is 14.9 Å². The van der Waals surface area contributed by atoms with E-state index in [1.807, 2.05) is 61.8 Å². The van der Waals surface area contributed by atoms with E-state index in [-0.39, 0.29) is 11.9 Å². The number of carbonyl (C=O) groups excluding carboxylic acids is 1. The Kier molecular flexibility index (Phi) is 5.75. The summed E-state index contributed by atoms with van der Waals surface area (Å²) in [7, 11) is 0. The van der Waals surface area contributed by atoms with Gasteiger partial charge >= 0.3 is 0 Å². The number of hydrogen-bond acceptors (Lipinski definition) is 4. The van der Waals surface area contributed by atoms with Gasteiger partial charge in [0.2, 0.25) is 0 Å². The molecule has 2 aliphatic carbocycles. The number of anilines is 1. The first-order valence-electron chi connectivity index (χ1n) is 11.5. The molecule has 0 aliphatic heterocycles. The zero-order chi connectivity index (χ0) is 21.9. The molecule has 32 heavy (non-hydrogen) atoms. The molecule has 1 unspecified atom stereocenters. The van der Waals surface area contributed by atoms with Crippen molar-refractivity contribution in [2.24, 2.45) is 0 Å². The summed E-state index contributed by atoms with van der Waals surface area (Å²) in [6.45, 7) is 2.65. The van der Waals surface area contributed by atoms with E-state index in [2.05, 4.69) is 25.4 Å². The molecule has 0 bridgehead atoms. The van der Waals surface area contributed by atoms with Crippen molar-refractivity contribution >= 4 is 17.7 Å². The Morgan fingerprint density at radius 1 is 1.19 bits per heavy atom. The van der Waals surface area contributed by atoms with E-state index >= 15 is 0 Å². The number of pyridine rings is 1. The van der Waals surface area contributed by atoms with Gasteiger partial charge in [0, 0.05) is 53.5 Å². The van der Waals surface area contributed by atoms with Gasteiger partial charge in [-0.1, -0.05) is 24.3 Å². The van der Waals surface area contributed by atoms with Crippen LogP contribution in [0.4, 0.5) is 5.69 Å². The van der Waals surface area contributed by atoms with E-state index in [1.54, 1.807) is 6.20 Å². The summed E-state index contributed by atoms with van der Waals surface area (Å²) in [6, 6.07) is 10.6. The smallest absolute Gasteiger partial charge is 0.255 e. The molecule has 0 spiro atoms. The maximum Gasteiger partial charge on any atom is 0.255 e. The predicted octanol–water partition coefficient (Wildman–Crippen LogP) is 4.61. The monoisotopic (exact) mass is 427 g/mol. The summed E-state index contributed by atoms with van der Waals surface area (Å²) in [4.78, 5) is 20.3. The Morgan fingerprint density at radius 2 is 2.09 bits per heavy atom. The average Bonchev–Trinajstić information content (AvgIpc) is 3.54. The Bertz CT molecular complexity index is 1120. The average molecular weight is 428 g/mol. The Hall–Kier alpha value is -3.41. The Labute approximate surface area is 188 Å². The summed E-state index contributed by atoms with van der Waals surface area (Å²) in [6.07, 6.45) is 14.6. The minimum Gasteiger partial charge on any atom is -0.380 e. The number of allylic oxidation sites excluding steroid dienone is 1. The maximum absolute atomic E-state index is 13.9. The van der Waals surface area contributed by atoms with Crippen molar-refractivity contribution in [2.45, 2.75) is 57.7 Å². The number of benzene rings is 1. The van der Waals surface area contributed by atoms with Crippen molar-refractivity contribution in [1.29, 1.82) is 0 Å². The number of nitrogens with one attached hydrogen (secondary N) is 2. The lowest BCUT2D eigenvalue weighted by Gasteiger charge is -2.35. The minimum atomic E-state index is 0.141. The van der Waals surface area contributed by atoms with Crippen molar-refractivity contribution in [3.63, 3.8) is 0 Å². The molecule has 6 nitrogen and oxygen atoms in total. The van der Waals surface area contributed by atoms with Crippen LogP contribution in [0.15, 0.2) is 55.0 Å². The number of nitrogens with zero attached hydrogens (tertiary/aromatic N) is 3. The van der Waals surface area contributed by atoms with Crippen LogP contribution in [0.5, 0.6) is 0 Å². The predicted molar refractivity (Wildman–Crippen MR) is 126 cm³/mol. The molecule has 1 aromatic carbocycles. The molecular weight excluding hydrogens is 398 g/mol. The molecule has 0 radical (unpaired) electrons. The first-order valence-corrected chi connectivity index (χ1v) is 11.5. The van der Waals surface area contributed by atoms with Gasteiger partial charge in [-0.15, -0.1) is 0 Å². The third kappa shape index (κ3) is 4.17. The number of rotatable bonds is 7. The summed E-state index contributed by atoms with van der Waals surface area (Å²) in [5, 5.41) is 10.8. The largest absolute Gasteiger partial charge is 0.380 e. The van der Waals surface area contributed by atoms with E-state index in [9.17, 15) is 4.79 Å². The van der Waals surface area contributed by atoms with Gasteiger partial charge in [-0.2, -0.15) is 5.10 Å². The van der Waals surface area contributed by atoms with Crippen LogP contribution in [-0.4, -0.2) is 38.1 Å². The molecule has 3 aromatic rings. The lowest BCUT2D eigenvalue weighted by Crippen LogP contribution is -2.45. The second kappa shape index (κ2) is 8.99. The molecule has 1 fully saturated rings. The van der Waals surface area contributed by atoms with Crippen LogP contribution in [0, 0.1) is 0 Å². The fraction of sp³-hybridized carbons (Fsp3) is 0.346. The first-order chi connectivity index (χ1) is 15.7. The van der Waals surface area contributed by atoms with Crippen LogP contribution in [-0.2, 0) is 19.4 Å².